The Bertz CT molecular complexity index is 618. The first kappa shape index (κ1) is 15.3. The minimum Gasteiger partial charge on any atom is -0.312 e. The van der Waals surface area contributed by atoms with Crippen LogP contribution in [-0.4, -0.2) is 12.8 Å². The van der Waals surface area contributed by atoms with E-state index in [0.717, 1.165) is 12.2 Å². The van der Waals surface area contributed by atoms with Gasteiger partial charge in [-0.1, -0.05) is 23.7 Å². The Balaban J connectivity index is 1.85. The topological polar surface area (TPSA) is 12.0 Å². The third-order valence-electron chi connectivity index (χ3n) is 3.79. The molecule has 0 aliphatic carbocycles. The van der Waals surface area contributed by atoms with Crippen molar-refractivity contribution in [2.45, 2.75) is 24.6 Å². The summed E-state index contributed by atoms with van der Waals surface area (Å²) in [6.07, 6.45) is 1.78. The molecule has 1 unspecified atom stereocenters. The van der Waals surface area contributed by atoms with Crippen LogP contribution in [0.1, 0.15) is 26.9 Å². The molecule has 5 heteroatoms. The highest BCUT2D eigenvalue weighted by molar-refractivity contribution is 7.98. The minimum absolute atomic E-state index is 0.138. The van der Waals surface area contributed by atoms with Crippen LogP contribution < -0.4 is 5.32 Å². The molecule has 2 aromatic rings. The van der Waals surface area contributed by atoms with E-state index in [-0.39, 0.29) is 16.9 Å². The maximum absolute atomic E-state index is 14.1. The molecule has 3 rings (SSSR count). The van der Waals surface area contributed by atoms with Crippen LogP contribution in [0.4, 0.5) is 4.39 Å². The number of likely N-dealkylation sites (N-methyl/N-ethyl adjacent to an activating group) is 1. The lowest BCUT2D eigenvalue weighted by atomic mass is 10.0. The van der Waals surface area contributed by atoms with Crippen molar-refractivity contribution in [2.75, 3.05) is 12.8 Å². The molecule has 1 aliphatic heterocycles. The predicted molar refractivity (Wildman–Crippen MR) is 91.1 cm³/mol. The van der Waals surface area contributed by atoms with Crippen LogP contribution in [-0.2, 0) is 18.6 Å². The molecular weight excluding hydrogens is 325 g/mol. The number of rotatable bonds is 4. The number of benzene rings is 1. The summed E-state index contributed by atoms with van der Waals surface area (Å²) < 4.78 is 14.1. The third-order valence-corrected chi connectivity index (χ3v) is 6.44. The van der Waals surface area contributed by atoms with Crippen molar-refractivity contribution in [1.82, 2.24) is 5.32 Å². The molecule has 0 bridgehead atoms. The number of thiophene rings is 1. The maximum Gasteiger partial charge on any atom is 0.145 e. The van der Waals surface area contributed by atoms with Gasteiger partial charge in [-0.3, -0.25) is 0 Å². The number of thioether (sulfide) groups is 1. The van der Waals surface area contributed by atoms with Gasteiger partial charge in [0.25, 0.3) is 0 Å². The summed E-state index contributed by atoms with van der Waals surface area (Å²) in [7, 11) is 1.93. The van der Waals surface area contributed by atoms with Gasteiger partial charge < -0.3 is 5.32 Å². The Labute approximate surface area is 137 Å². The van der Waals surface area contributed by atoms with Crippen molar-refractivity contribution >= 4 is 34.7 Å². The zero-order chi connectivity index (χ0) is 14.8. The molecule has 0 radical (unpaired) electrons. The summed E-state index contributed by atoms with van der Waals surface area (Å²) in [4.78, 5) is 2.79. The molecular formula is C16H17ClFNS2. The predicted octanol–water partition coefficient (Wildman–Crippen LogP) is 4.83. The standard InChI is InChI=1S/C16H17ClFNS2/c1-19-13(7-10-3-2-4-12(17)16(10)18)15-8-11-9-20-6-5-14(11)21-15/h2-4,8,13,19H,5-7,9H2,1H3. The summed E-state index contributed by atoms with van der Waals surface area (Å²) >= 11 is 9.73. The van der Waals surface area contributed by atoms with Gasteiger partial charge in [0, 0.05) is 21.5 Å². The number of hydrogen-bond donors (Lipinski definition) is 1. The first-order valence-electron chi connectivity index (χ1n) is 6.98. The van der Waals surface area contributed by atoms with Gasteiger partial charge in [-0.2, -0.15) is 11.8 Å². The van der Waals surface area contributed by atoms with Crippen LogP contribution in [0.3, 0.4) is 0 Å². The van der Waals surface area contributed by atoms with Gasteiger partial charge in [0.15, 0.2) is 0 Å². The summed E-state index contributed by atoms with van der Waals surface area (Å²) in [5.41, 5.74) is 2.13. The van der Waals surface area contributed by atoms with Crippen molar-refractivity contribution in [3.05, 3.63) is 56.0 Å². The second-order valence-corrected chi connectivity index (χ2v) is 7.84. The second kappa shape index (κ2) is 6.69. The number of hydrogen-bond acceptors (Lipinski definition) is 3. The molecule has 0 amide bonds. The van der Waals surface area contributed by atoms with Crippen LogP contribution in [0.15, 0.2) is 24.3 Å². The van der Waals surface area contributed by atoms with E-state index in [1.807, 2.05) is 42.3 Å². The highest BCUT2D eigenvalue weighted by Gasteiger charge is 2.20. The third kappa shape index (κ3) is 3.29. The average Bonchev–Trinajstić information content (AvgIpc) is 2.92. The van der Waals surface area contributed by atoms with Gasteiger partial charge in [-0.25, -0.2) is 4.39 Å². The highest BCUT2D eigenvalue weighted by Crippen LogP contribution is 2.35. The molecule has 0 saturated carbocycles. The number of aryl methyl sites for hydroxylation is 1. The van der Waals surface area contributed by atoms with Crippen LogP contribution in [0.5, 0.6) is 0 Å². The van der Waals surface area contributed by atoms with E-state index in [0.29, 0.717) is 12.0 Å². The zero-order valence-electron chi connectivity index (χ0n) is 11.8. The molecule has 0 spiro atoms. The molecule has 1 aromatic carbocycles. The van der Waals surface area contributed by atoms with Crippen molar-refractivity contribution < 1.29 is 4.39 Å². The van der Waals surface area contributed by atoms with Crippen molar-refractivity contribution in [2.24, 2.45) is 0 Å². The fourth-order valence-electron chi connectivity index (χ4n) is 2.61. The largest absolute Gasteiger partial charge is 0.312 e. The molecule has 1 atom stereocenters. The second-order valence-electron chi connectivity index (χ2n) is 5.16. The van der Waals surface area contributed by atoms with Crippen molar-refractivity contribution in [3.63, 3.8) is 0 Å². The Hall–Kier alpha value is -0.550. The molecule has 1 aromatic heterocycles. The van der Waals surface area contributed by atoms with Gasteiger partial charge in [0.05, 0.1) is 5.02 Å². The molecule has 1 aliphatic rings. The van der Waals surface area contributed by atoms with Crippen molar-refractivity contribution in [1.29, 1.82) is 0 Å². The van der Waals surface area contributed by atoms with Gasteiger partial charge >= 0.3 is 0 Å². The Kier molecular flexibility index (Phi) is 4.89. The Morgan fingerprint density at radius 1 is 1.43 bits per heavy atom. The maximum atomic E-state index is 14.1. The smallest absolute Gasteiger partial charge is 0.145 e. The van der Waals surface area contributed by atoms with Crippen LogP contribution >= 0.6 is 34.7 Å². The normalized spacial score (nSPS) is 15.8. The lowest BCUT2D eigenvalue weighted by Gasteiger charge is -2.15. The zero-order valence-corrected chi connectivity index (χ0v) is 14.2. The first-order chi connectivity index (χ1) is 10.2. The van der Waals surface area contributed by atoms with Crippen LogP contribution in [0.25, 0.3) is 0 Å². The number of nitrogens with one attached hydrogen (secondary N) is 1. The van der Waals surface area contributed by atoms with E-state index in [2.05, 4.69) is 11.4 Å². The molecule has 1 N–H and O–H groups in total. The van der Waals surface area contributed by atoms with Crippen LogP contribution in [0.2, 0.25) is 5.02 Å². The molecule has 0 saturated heterocycles. The minimum atomic E-state index is -0.295. The molecule has 2 heterocycles. The molecule has 112 valence electrons. The molecule has 1 nitrogen and oxygen atoms in total. The van der Waals surface area contributed by atoms with Gasteiger partial charge in [0.2, 0.25) is 0 Å². The lowest BCUT2D eigenvalue weighted by molar-refractivity contribution is 0.560. The fraction of sp³-hybridized carbons (Fsp3) is 0.375. The summed E-state index contributed by atoms with van der Waals surface area (Å²) in [5.74, 6) is 2.02. The van der Waals surface area contributed by atoms with E-state index in [1.165, 1.54) is 21.1 Å². The Morgan fingerprint density at radius 2 is 2.29 bits per heavy atom. The number of halogens is 2. The highest BCUT2D eigenvalue weighted by atomic mass is 35.5. The van der Waals surface area contributed by atoms with E-state index in [1.54, 1.807) is 6.07 Å². The van der Waals surface area contributed by atoms with E-state index in [9.17, 15) is 4.39 Å². The molecule has 0 fully saturated rings. The summed E-state index contributed by atoms with van der Waals surface area (Å²) in [6, 6.07) is 7.64. The van der Waals surface area contributed by atoms with Crippen molar-refractivity contribution in [3.8, 4) is 0 Å². The van der Waals surface area contributed by atoms with Gasteiger partial charge in [-0.05, 0) is 48.9 Å². The fourth-order valence-corrected chi connectivity index (χ4v) is 5.29. The summed E-state index contributed by atoms with van der Waals surface area (Å²) in [6.45, 7) is 0. The van der Waals surface area contributed by atoms with Gasteiger partial charge in [0.1, 0.15) is 5.82 Å². The quantitative estimate of drug-likeness (QED) is 0.854. The van der Waals surface area contributed by atoms with E-state index >= 15 is 0 Å². The van der Waals surface area contributed by atoms with Crippen LogP contribution in [0, 0.1) is 5.82 Å². The van der Waals surface area contributed by atoms with E-state index < -0.39 is 0 Å². The number of fused-ring (bicyclic) bond motifs is 1. The SMILES string of the molecule is CNC(Cc1cccc(Cl)c1F)c1cc2c(s1)CCSC2. The van der Waals surface area contributed by atoms with E-state index in [4.69, 9.17) is 11.6 Å². The average molecular weight is 342 g/mol. The monoisotopic (exact) mass is 341 g/mol. The Morgan fingerprint density at radius 3 is 3.05 bits per heavy atom. The summed E-state index contributed by atoms with van der Waals surface area (Å²) in [5, 5.41) is 3.51. The van der Waals surface area contributed by atoms with Gasteiger partial charge in [-0.15, -0.1) is 11.3 Å². The molecule has 21 heavy (non-hydrogen) atoms. The lowest BCUT2D eigenvalue weighted by Crippen LogP contribution is -2.18. The first-order valence-corrected chi connectivity index (χ1v) is 9.33.